The molecule has 0 heterocycles. The number of carbonyl (C=O) groups is 2. The third-order valence-electron chi connectivity index (χ3n) is 1.73. The van der Waals surface area contributed by atoms with Crippen molar-refractivity contribution in [3.63, 3.8) is 0 Å². The highest BCUT2D eigenvalue weighted by Crippen LogP contribution is 2.32. The van der Waals surface area contributed by atoms with Crippen LogP contribution in [0, 0.1) is 0 Å². The van der Waals surface area contributed by atoms with Crippen molar-refractivity contribution in [3.05, 3.63) is 0 Å². The van der Waals surface area contributed by atoms with E-state index >= 15 is 0 Å². The van der Waals surface area contributed by atoms with Crippen molar-refractivity contribution >= 4 is 21.1 Å². The molecule has 0 spiro atoms. The summed E-state index contributed by atoms with van der Waals surface area (Å²) in [6.07, 6.45) is 2.15. The molecule has 0 aliphatic heterocycles. The van der Waals surface area contributed by atoms with Gasteiger partial charge in [0.15, 0.2) is 0 Å². The van der Waals surface area contributed by atoms with Gasteiger partial charge < -0.3 is 23.4 Å². The molecule has 7 heteroatoms. The zero-order chi connectivity index (χ0) is 12.2. The quantitative estimate of drug-likeness (QED) is 0.429. The molecule has 0 aromatic rings. The second-order valence-electron chi connectivity index (χ2n) is 2.81. The molecule has 2 unspecified atom stereocenters. The minimum Gasteiger partial charge on any atom is -0.379 e. The minimum absolute atomic E-state index is 0.0112. The molecule has 0 rings (SSSR count). The first-order valence-corrected chi connectivity index (χ1v) is 6.15. The van der Waals surface area contributed by atoms with Crippen LogP contribution in [0.3, 0.4) is 0 Å². The summed E-state index contributed by atoms with van der Waals surface area (Å²) < 4.78 is 15.6. The molecule has 2 atom stereocenters. The van der Waals surface area contributed by atoms with Crippen LogP contribution in [0.25, 0.3) is 0 Å². The lowest BCUT2D eigenvalue weighted by Crippen LogP contribution is -2.20. The second-order valence-corrected chi connectivity index (χ2v) is 4.16. The largest absolute Gasteiger partial charge is 0.379 e. The molecule has 94 valence electrons. The normalized spacial score (nSPS) is 14.4. The first-order chi connectivity index (χ1) is 7.78. The Kier molecular flexibility index (Phi) is 10.8. The molecule has 0 fully saturated rings. The lowest BCUT2D eigenvalue weighted by Gasteiger charge is -2.19. The highest BCUT2D eigenvalue weighted by Gasteiger charge is 2.13. The van der Waals surface area contributed by atoms with Gasteiger partial charge in [-0.3, -0.25) is 0 Å². The van der Waals surface area contributed by atoms with Gasteiger partial charge in [0.2, 0.25) is 0 Å². The standard InChI is InChI=1S/C9H18NO5P/c1-3-9(13-2)8-15-16(10-4-5-11)14-7-6-12/h5-6,9-10H,3-4,7-8H2,1-2H3. The Morgan fingerprint density at radius 2 is 2.06 bits per heavy atom. The number of nitrogens with one attached hydrogen (secondary N) is 1. The fraction of sp³-hybridized carbons (Fsp3) is 0.778. The van der Waals surface area contributed by atoms with E-state index in [2.05, 4.69) is 5.09 Å². The van der Waals surface area contributed by atoms with E-state index < -0.39 is 8.53 Å². The van der Waals surface area contributed by atoms with Gasteiger partial charge in [0, 0.05) is 7.11 Å². The number of hydrogen-bond acceptors (Lipinski definition) is 6. The fourth-order valence-corrected chi connectivity index (χ4v) is 1.82. The van der Waals surface area contributed by atoms with E-state index in [1.54, 1.807) is 7.11 Å². The van der Waals surface area contributed by atoms with Crippen molar-refractivity contribution in [1.82, 2.24) is 5.09 Å². The van der Waals surface area contributed by atoms with Crippen LogP contribution >= 0.6 is 8.53 Å². The number of aldehydes is 2. The van der Waals surface area contributed by atoms with Crippen LogP contribution in [0.15, 0.2) is 0 Å². The Morgan fingerprint density at radius 1 is 1.31 bits per heavy atom. The molecule has 0 bridgehead atoms. The fourth-order valence-electron chi connectivity index (χ4n) is 0.842. The van der Waals surface area contributed by atoms with Crippen molar-refractivity contribution < 1.29 is 23.4 Å². The molecule has 1 N–H and O–H groups in total. The van der Waals surface area contributed by atoms with E-state index in [9.17, 15) is 9.59 Å². The van der Waals surface area contributed by atoms with Gasteiger partial charge >= 0.3 is 0 Å². The first-order valence-electron chi connectivity index (χ1n) is 4.98. The molecular weight excluding hydrogens is 233 g/mol. The summed E-state index contributed by atoms with van der Waals surface area (Å²) in [5.41, 5.74) is 0. The van der Waals surface area contributed by atoms with Crippen molar-refractivity contribution in [3.8, 4) is 0 Å². The summed E-state index contributed by atoms with van der Waals surface area (Å²) in [5, 5.41) is 2.75. The van der Waals surface area contributed by atoms with E-state index in [0.29, 0.717) is 19.2 Å². The Bertz CT molecular complexity index is 177. The number of rotatable bonds is 11. The van der Waals surface area contributed by atoms with E-state index in [1.165, 1.54) is 0 Å². The molecule has 0 aromatic carbocycles. The molecule has 0 amide bonds. The number of methoxy groups -OCH3 is 1. The third kappa shape index (κ3) is 7.84. The zero-order valence-electron chi connectivity index (χ0n) is 9.55. The lowest BCUT2D eigenvalue weighted by molar-refractivity contribution is -0.109. The van der Waals surface area contributed by atoms with Gasteiger partial charge in [-0.2, -0.15) is 0 Å². The first kappa shape index (κ1) is 15.6. The number of ether oxygens (including phenoxy) is 1. The van der Waals surface area contributed by atoms with E-state index in [0.717, 1.165) is 6.42 Å². The van der Waals surface area contributed by atoms with Crippen LogP contribution in [0.2, 0.25) is 0 Å². The van der Waals surface area contributed by atoms with Crippen LogP contribution in [0.5, 0.6) is 0 Å². The molecule has 0 aliphatic rings. The van der Waals surface area contributed by atoms with Crippen molar-refractivity contribution in [2.75, 3.05) is 26.9 Å². The minimum atomic E-state index is -1.41. The maximum Gasteiger partial charge on any atom is 0.256 e. The Hall–Kier alpha value is -0.390. The van der Waals surface area contributed by atoms with Gasteiger partial charge in [-0.25, -0.2) is 5.09 Å². The van der Waals surface area contributed by atoms with Gasteiger partial charge in [0.05, 0.1) is 19.3 Å². The third-order valence-corrected chi connectivity index (χ3v) is 2.94. The van der Waals surface area contributed by atoms with Gasteiger partial charge in [0.1, 0.15) is 19.2 Å². The maximum atomic E-state index is 10.2. The summed E-state index contributed by atoms with van der Waals surface area (Å²) >= 11 is 0. The van der Waals surface area contributed by atoms with Crippen LogP contribution in [0.4, 0.5) is 0 Å². The SMILES string of the molecule is CCC(COP(NCC=O)OCC=O)OC. The lowest BCUT2D eigenvalue weighted by atomic mass is 10.3. The van der Waals surface area contributed by atoms with Crippen LogP contribution in [-0.4, -0.2) is 45.5 Å². The molecular formula is C9H18NO5P. The summed E-state index contributed by atoms with van der Waals surface area (Å²) in [5.74, 6) is 0. The number of hydrogen-bond donors (Lipinski definition) is 1. The highest BCUT2D eigenvalue weighted by molar-refractivity contribution is 7.45. The van der Waals surface area contributed by atoms with E-state index in [-0.39, 0.29) is 19.3 Å². The summed E-state index contributed by atoms with van der Waals surface area (Å²) in [4.78, 5) is 20.3. The molecule has 0 saturated carbocycles. The van der Waals surface area contributed by atoms with Crippen molar-refractivity contribution in [1.29, 1.82) is 0 Å². The zero-order valence-corrected chi connectivity index (χ0v) is 10.4. The van der Waals surface area contributed by atoms with E-state index in [1.807, 2.05) is 6.92 Å². The van der Waals surface area contributed by atoms with Crippen molar-refractivity contribution in [2.45, 2.75) is 19.4 Å². The van der Waals surface area contributed by atoms with Crippen molar-refractivity contribution in [2.24, 2.45) is 0 Å². The molecule has 0 aromatic heterocycles. The maximum absolute atomic E-state index is 10.2. The highest BCUT2D eigenvalue weighted by atomic mass is 31.2. The predicted octanol–water partition coefficient (Wildman–Crippen LogP) is 0.659. The Morgan fingerprint density at radius 3 is 2.56 bits per heavy atom. The molecule has 6 nitrogen and oxygen atoms in total. The van der Waals surface area contributed by atoms with Crippen LogP contribution < -0.4 is 5.09 Å². The van der Waals surface area contributed by atoms with Crippen LogP contribution in [-0.2, 0) is 23.4 Å². The summed E-state index contributed by atoms with van der Waals surface area (Å²) in [6.45, 7) is 2.42. The number of carbonyl (C=O) groups excluding carboxylic acids is 2. The predicted molar refractivity (Wildman–Crippen MR) is 60.0 cm³/mol. The van der Waals surface area contributed by atoms with Crippen LogP contribution in [0.1, 0.15) is 13.3 Å². The van der Waals surface area contributed by atoms with E-state index in [4.69, 9.17) is 13.8 Å². The topological polar surface area (TPSA) is 73.9 Å². The Balaban J connectivity index is 3.87. The smallest absolute Gasteiger partial charge is 0.256 e. The summed E-state index contributed by atoms with van der Waals surface area (Å²) in [6, 6.07) is 0. The average molecular weight is 251 g/mol. The monoisotopic (exact) mass is 251 g/mol. The van der Waals surface area contributed by atoms with Gasteiger partial charge in [-0.1, -0.05) is 6.92 Å². The van der Waals surface area contributed by atoms with Gasteiger partial charge in [0.25, 0.3) is 8.53 Å². The van der Waals surface area contributed by atoms with Gasteiger partial charge in [-0.05, 0) is 6.42 Å². The molecule has 0 aliphatic carbocycles. The Labute approximate surface area is 96.6 Å². The second kappa shape index (κ2) is 11.1. The summed E-state index contributed by atoms with van der Waals surface area (Å²) in [7, 11) is 0.193. The molecule has 16 heavy (non-hydrogen) atoms. The average Bonchev–Trinajstić information content (AvgIpc) is 2.32. The van der Waals surface area contributed by atoms with Gasteiger partial charge in [-0.15, -0.1) is 0 Å². The molecule has 0 radical (unpaired) electrons. The molecule has 0 saturated heterocycles.